The first-order valence-electron chi connectivity index (χ1n) is 7.78. The largest absolute Gasteiger partial charge is 0.370 e. The fourth-order valence-electron chi connectivity index (χ4n) is 3.44. The van der Waals surface area contributed by atoms with Crippen LogP contribution in [0.25, 0.3) is 0 Å². The van der Waals surface area contributed by atoms with E-state index in [0.717, 1.165) is 13.0 Å². The lowest BCUT2D eigenvalue weighted by Crippen LogP contribution is -2.36. The maximum absolute atomic E-state index is 4.72. The van der Waals surface area contributed by atoms with E-state index >= 15 is 0 Å². The molecule has 1 N–H and O–H groups in total. The van der Waals surface area contributed by atoms with E-state index in [2.05, 4.69) is 35.6 Å². The summed E-state index contributed by atoms with van der Waals surface area (Å²) < 4.78 is 0. The van der Waals surface area contributed by atoms with Gasteiger partial charge in [0.15, 0.2) is 0 Å². The van der Waals surface area contributed by atoms with E-state index < -0.39 is 0 Å². The molecule has 1 saturated carbocycles. The Kier molecular flexibility index (Phi) is 4.16. The van der Waals surface area contributed by atoms with Crippen molar-refractivity contribution in [1.29, 1.82) is 0 Å². The fourth-order valence-corrected chi connectivity index (χ4v) is 3.44. The summed E-state index contributed by atoms with van der Waals surface area (Å²) in [5.41, 5.74) is 1.49. The van der Waals surface area contributed by atoms with Crippen molar-refractivity contribution in [3.05, 3.63) is 35.9 Å². The van der Waals surface area contributed by atoms with Crippen LogP contribution in [0.4, 0.5) is 0 Å². The van der Waals surface area contributed by atoms with Gasteiger partial charge in [0.1, 0.15) is 0 Å². The second-order valence-electron chi connectivity index (χ2n) is 5.84. The molecule has 1 aromatic carbocycles. The minimum absolute atomic E-state index is 0.597. The number of nitrogens with zero attached hydrogens (tertiary/aromatic N) is 1. The lowest BCUT2D eigenvalue weighted by Gasteiger charge is -2.23. The van der Waals surface area contributed by atoms with Crippen LogP contribution in [-0.2, 0) is 0 Å². The molecule has 0 aromatic heterocycles. The Bertz CT molecular complexity index is 424. The molecule has 1 aromatic rings. The molecule has 102 valence electrons. The van der Waals surface area contributed by atoms with Crippen molar-refractivity contribution < 1.29 is 0 Å². The standard InChI is InChI=1S/C17H24N2/c1-3-8-14(9-4-1)15-10-7-11-16(15)19-17-12-5-2-6-13-18-17/h1,3-4,8-9,15-16H,2,5-7,10-13H2,(H,18,19)/t15-,16+/m0/s1. The molecule has 2 heteroatoms. The maximum atomic E-state index is 4.72. The van der Waals surface area contributed by atoms with Crippen LogP contribution in [0.1, 0.15) is 56.4 Å². The van der Waals surface area contributed by atoms with Crippen LogP contribution in [0.15, 0.2) is 35.3 Å². The average Bonchev–Trinajstić information content (AvgIpc) is 2.75. The third-order valence-electron chi connectivity index (χ3n) is 4.47. The van der Waals surface area contributed by atoms with E-state index in [1.165, 1.54) is 49.9 Å². The zero-order valence-electron chi connectivity index (χ0n) is 11.6. The number of benzene rings is 1. The highest BCUT2D eigenvalue weighted by atomic mass is 15.0. The summed E-state index contributed by atoms with van der Waals surface area (Å²) in [5, 5.41) is 3.76. The first-order chi connectivity index (χ1) is 9.43. The fraction of sp³-hybridized carbons (Fsp3) is 0.588. The molecule has 3 rings (SSSR count). The van der Waals surface area contributed by atoms with Crippen molar-refractivity contribution in [3.8, 4) is 0 Å². The molecule has 19 heavy (non-hydrogen) atoms. The number of hydrogen-bond acceptors (Lipinski definition) is 2. The zero-order chi connectivity index (χ0) is 12.9. The van der Waals surface area contributed by atoms with Gasteiger partial charge in [0.25, 0.3) is 0 Å². The van der Waals surface area contributed by atoms with Crippen molar-refractivity contribution in [2.24, 2.45) is 4.99 Å². The summed E-state index contributed by atoms with van der Waals surface area (Å²) in [6, 6.07) is 11.6. The Balaban J connectivity index is 1.68. The number of amidine groups is 1. The van der Waals surface area contributed by atoms with Gasteiger partial charge < -0.3 is 5.32 Å². The number of rotatable bonds is 2. The minimum atomic E-state index is 0.597. The number of aliphatic imine (C=N–C) groups is 1. The summed E-state index contributed by atoms with van der Waals surface area (Å²) in [4.78, 5) is 4.72. The summed E-state index contributed by atoms with van der Waals surface area (Å²) in [5.74, 6) is 1.94. The molecule has 1 fully saturated rings. The van der Waals surface area contributed by atoms with Gasteiger partial charge in [0, 0.05) is 24.9 Å². The molecule has 0 unspecified atom stereocenters. The van der Waals surface area contributed by atoms with Gasteiger partial charge in [0.2, 0.25) is 0 Å². The van der Waals surface area contributed by atoms with Crippen LogP contribution in [0, 0.1) is 0 Å². The Morgan fingerprint density at radius 2 is 1.84 bits per heavy atom. The van der Waals surface area contributed by atoms with Crippen molar-refractivity contribution in [2.75, 3.05) is 6.54 Å². The normalized spacial score (nSPS) is 27.7. The molecule has 1 aliphatic carbocycles. The molecule has 0 radical (unpaired) electrons. The quantitative estimate of drug-likeness (QED) is 0.853. The third-order valence-corrected chi connectivity index (χ3v) is 4.47. The lowest BCUT2D eigenvalue weighted by atomic mass is 9.94. The first kappa shape index (κ1) is 12.7. The second-order valence-corrected chi connectivity index (χ2v) is 5.84. The number of nitrogens with one attached hydrogen (secondary N) is 1. The van der Waals surface area contributed by atoms with Gasteiger partial charge in [-0.3, -0.25) is 4.99 Å². The summed E-state index contributed by atoms with van der Waals surface area (Å²) >= 11 is 0. The summed E-state index contributed by atoms with van der Waals surface area (Å²) in [7, 11) is 0. The topological polar surface area (TPSA) is 24.4 Å². The monoisotopic (exact) mass is 256 g/mol. The van der Waals surface area contributed by atoms with Gasteiger partial charge in [-0.25, -0.2) is 0 Å². The van der Waals surface area contributed by atoms with Crippen molar-refractivity contribution in [1.82, 2.24) is 5.32 Å². The predicted octanol–water partition coefficient (Wildman–Crippen LogP) is 3.88. The van der Waals surface area contributed by atoms with Gasteiger partial charge in [-0.05, 0) is 31.2 Å². The number of hydrogen-bond donors (Lipinski definition) is 1. The van der Waals surface area contributed by atoms with Gasteiger partial charge in [0.05, 0.1) is 5.84 Å². The Morgan fingerprint density at radius 3 is 2.74 bits per heavy atom. The van der Waals surface area contributed by atoms with E-state index in [0.29, 0.717) is 12.0 Å². The molecule has 1 aliphatic heterocycles. The summed E-state index contributed by atoms with van der Waals surface area (Å²) in [6.45, 7) is 1.02. The molecule has 0 amide bonds. The Hall–Kier alpha value is -1.31. The van der Waals surface area contributed by atoms with Crippen LogP contribution in [0.2, 0.25) is 0 Å². The van der Waals surface area contributed by atoms with Gasteiger partial charge in [-0.15, -0.1) is 0 Å². The molecule has 2 atom stereocenters. The van der Waals surface area contributed by atoms with Crippen LogP contribution < -0.4 is 5.32 Å². The molecule has 0 spiro atoms. The Morgan fingerprint density at radius 1 is 0.947 bits per heavy atom. The highest BCUT2D eigenvalue weighted by Crippen LogP contribution is 2.34. The van der Waals surface area contributed by atoms with Crippen LogP contribution in [0.5, 0.6) is 0 Å². The van der Waals surface area contributed by atoms with E-state index in [4.69, 9.17) is 4.99 Å². The predicted molar refractivity (Wildman–Crippen MR) is 80.7 cm³/mol. The Labute approximate surface area is 116 Å². The second kappa shape index (κ2) is 6.23. The molecular weight excluding hydrogens is 232 g/mol. The van der Waals surface area contributed by atoms with Gasteiger partial charge >= 0.3 is 0 Å². The van der Waals surface area contributed by atoms with Gasteiger partial charge in [-0.2, -0.15) is 0 Å². The molecule has 2 aliphatic rings. The van der Waals surface area contributed by atoms with E-state index in [-0.39, 0.29) is 0 Å². The van der Waals surface area contributed by atoms with Crippen molar-refractivity contribution >= 4 is 5.84 Å². The van der Waals surface area contributed by atoms with Crippen LogP contribution >= 0.6 is 0 Å². The van der Waals surface area contributed by atoms with Gasteiger partial charge in [-0.1, -0.05) is 43.2 Å². The molecule has 0 saturated heterocycles. The van der Waals surface area contributed by atoms with Crippen molar-refractivity contribution in [3.63, 3.8) is 0 Å². The molecule has 0 bridgehead atoms. The van der Waals surface area contributed by atoms with Crippen LogP contribution in [-0.4, -0.2) is 18.4 Å². The summed E-state index contributed by atoms with van der Waals surface area (Å²) in [6.07, 6.45) is 8.99. The smallest absolute Gasteiger partial charge is 0.0965 e. The van der Waals surface area contributed by atoms with E-state index in [1.54, 1.807) is 0 Å². The molecule has 1 heterocycles. The molecule has 2 nitrogen and oxygen atoms in total. The highest BCUT2D eigenvalue weighted by molar-refractivity contribution is 5.82. The minimum Gasteiger partial charge on any atom is -0.370 e. The van der Waals surface area contributed by atoms with Crippen molar-refractivity contribution in [2.45, 2.75) is 56.9 Å². The SMILES string of the molecule is c1ccc([C@@H]2CCC[C@H]2NC2=NCCCCC2)cc1. The van der Waals surface area contributed by atoms with Crippen LogP contribution in [0.3, 0.4) is 0 Å². The van der Waals surface area contributed by atoms with E-state index in [1.807, 2.05) is 0 Å². The zero-order valence-corrected chi connectivity index (χ0v) is 11.6. The maximum Gasteiger partial charge on any atom is 0.0965 e. The lowest BCUT2D eigenvalue weighted by molar-refractivity contribution is 0.553. The third kappa shape index (κ3) is 3.17. The highest BCUT2D eigenvalue weighted by Gasteiger charge is 2.29. The van der Waals surface area contributed by atoms with E-state index in [9.17, 15) is 0 Å². The average molecular weight is 256 g/mol. The molecular formula is C17H24N2. The first-order valence-corrected chi connectivity index (χ1v) is 7.78.